The molecule has 0 saturated carbocycles. The van der Waals surface area contributed by atoms with E-state index in [4.69, 9.17) is 24.3 Å². The van der Waals surface area contributed by atoms with Crippen LogP contribution in [0.15, 0.2) is 24.3 Å². The van der Waals surface area contributed by atoms with Crippen molar-refractivity contribution in [3.8, 4) is 0 Å². The molecule has 0 aliphatic rings. The molecule has 0 rings (SSSR count). The molecule has 0 radical (unpaired) electrons. The van der Waals surface area contributed by atoms with Crippen molar-refractivity contribution in [1.29, 1.82) is 0 Å². The second kappa shape index (κ2) is 54.8. The Morgan fingerprint density at radius 3 is 1.15 bits per heavy atom. The van der Waals surface area contributed by atoms with Crippen LogP contribution in [-0.2, 0) is 32.7 Å². The zero-order valence-electron chi connectivity index (χ0n) is 44.9. The maximum atomic E-state index is 12.7. The Bertz CT molecular complexity index is 1170. The van der Waals surface area contributed by atoms with Gasteiger partial charge in [-0.05, 0) is 44.9 Å². The number of hydrogen-bond donors (Lipinski definition) is 2. The fourth-order valence-electron chi connectivity index (χ4n) is 8.73. The van der Waals surface area contributed by atoms with Gasteiger partial charge in [0.05, 0.1) is 13.2 Å². The molecule has 2 unspecified atom stereocenters. The van der Waals surface area contributed by atoms with Gasteiger partial charge in [-0.1, -0.05) is 269 Å². The quantitative estimate of drug-likeness (QED) is 0.0264. The van der Waals surface area contributed by atoms with Crippen molar-refractivity contribution in [1.82, 2.24) is 0 Å². The Morgan fingerprint density at radius 1 is 0.441 bits per heavy atom. The van der Waals surface area contributed by atoms with Crippen molar-refractivity contribution < 1.29 is 37.6 Å². The molecule has 0 spiro atoms. The first-order chi connectivity index (χ1) is 33.3. The molecule has 0 saturated heterocycles. The summed E-state index contributed by atoms with van der Waals surface area (Å²) in [5, 5.41) is 0. The Kier molecular flexibility index (Phi) is 53.6. The molecular formula is C58H112NO8P. The van der Waals surface area contributed by atoms with Gasteiger partial charge in [0.2, 0.25) is 0 Å². The molecule has 9 nitrogen and oxygen atoms in total. The standard InChI is InChI=1S/C58H112NO8P/c1-3-5-7-9-11-13-15-17-19-21-23-24-25-26-27-28-29-30-31-33-34-36-38-40-42-44-46-48-50-57(60)64-54-56(55-66-68(62,63)65-53-52-59)67-58(61)51-49-47-45-43-41-39-37-35-32-22-20-18-16-14-12-10-8-6-4-2/h12,14,18,20,56H,3-11,13,15-17,19,21-55,59H2,1-2H3,(H,62,63)/b14-12-,20-18-. The molecule has 0 fully saturated rings. The monoisotopic (exact) mass is 982 g/mol. The predicted molar refractivity (Wildman–Crippen MR) is 289 cm³/mol. The number of carbonyl (C=O) groups excluding carboxylic acids is 2. The Morgan fingerprint density at radius 2 is 0.765 bits per heavy atom. The van der Waals surface area contributed by atoms with Gasteiger partial charge in [-0.3, -0.25) is 18.6 Å². The maximum Gasteiger partial charge on any atom is 0.472 e. The van der Waals surface area contributed by atoms with Gasteiger partial charge in [0.1, 0.15) is 6.61 Å². The van der Waals surface area contributed by atoms with Gasteiger partial charge in [-0.15, -0.1) is 0 Å². The summed E-state index contributed by atoms with van der Waals surface area (Å²) < 4.78 is 33.0. The normalized spacial score (nSPS) is 13.2. The summed E-state index contributed by atoms with van der Waals surface area (Å²) >= 11 is 0. The lowest BCUT2D eigenvalue weighted by Crippen LogP contribution is -2.29. The molecule has 3 N–H and O–H groups in total. The number of phosphoric ester groups is 1. The fraction of sp³-hybridized carbons (Fsp3) is 0.897. The molecule has 2 atom stereocenters. The molecule has 0 bridgehead atoms. The van der Waals surface area contributed by atoms with E-state index in [0.29, 0.717) is 6.42 Å². The lowest BCUT2D eigenvalue weighted by atomic mass is 10.0. The van der Waals surface area contributed by atoms with Crippen LogP contribution in [0.4, 0.5) is 0 Å². The second-order valence-electron chi connectivity index (χ2n) is 19.9. The van der Waals surface area contributed by atoms with Crippen LogP contribution in [0.5, 0.6) is 0 Å². The fourth-order valence-corrected chi connectivity index (χ4v) is 9.49. The molecule has 0 aromatic rings. The van der Waals surface area contributed by atoms with Crippen molar-refractivity contribution in [2.24, 2.45) is 5.73 Å². The topological polar surface area (TPSA) is 134 Å². The number of phosphoric acid groups is 1. The summed E-state index contributed by atoms with van der Waals surface area (Å²) in [6, 6.07) is 0. The molecular weight excluding hydrogens is 870 g/mol. The van der Waals surface area contributed by atoms with E-state index >= 15 is 0 Å². The van der Waals surface area contributed by atoms with E-state index in [0.717, 1.165) is 51.4 Å². The Balaban J connectivity index is 3.89. The van der Waals surface area contributed by atoms with Gasteiger partial charge in [0.25, 0.3) is 0 Å². The maximum absolute atomic E-state index is 12.7. The molecule has 0 aromatic carbocycles. The number of rotatable bonds is 56. The number of unbranched alkanes of at least 4 members (excludes halogenated alkanes) is 39. The largest absolute Gasteiger partial charge is 0.472 e. The summed E-state index contributed by atoms with van der Waals surface area (Å²) in [6.07, 6.45) is 63.8. The van der Waals surface area contributed by atoms with E-state index in [1.54, 1.807) is 0 Å². The molecule has 402 valence electrons. The lowest BCUT2D eigenvalue weighted by molar-refractivity contribution is -0.161. The van der Waals surface area contributed by atoms with Crippen LogP contribution in [0.1, 0.15) is 303 Å². The molecule has 10 heteroatoms. The average molecular weight is 983 g/mol. The van der Waals surface area contributed by atoms with E-state index in [1.165, 1.54) is 218 Å². The van der Waals surface area contributed by atoms with Crippen molar-refractivity contribution in [2.75, 3.05) is 26.4 Å². The summed E-state index contributed by atoms with van der Waals surface area (Å²) in [6.45, 7) is 3.77. The van der Waals surface area contributed by atoms with Crippen molar-refractivity contribution in [2.45, 2.75) is 309 Å². The molecule has 0 aliphatic heterocycles. The molecule has 68 heavy (non-hydrogen) atoms. The number of allylic oxidation sites excluding steroid dienone is 4. The van der Waals surface area contributed by atoms with Crippen molar-refractivity contribution in [3.63, 3.8) is 0 Å². The highest BCUT2D eigenvalue weighted by atomic mass is 31.2. The van der Waals surface area contributed by atoms with Crippen LogP contribution in [0.2, 0.25) is 0 Å². The van der Waals surface area contributed by atoms with Gasteiger partial charge >= 0.3 is 19.8 Å². The number of hydrogen-bond acceptors (Lipinski definition) is 8. The molecule has 0 aliphatic carbocycles. The van der Waals surface area contributed by atoms with Crippen LogP contribution in [0.3, 0.4) is 0 Å². The first kappa shape index (κ1) is 66.5. The van der Waals surface area contributed by atoms with Crippen LogP contribution in [0, 0.1) is 0 Å². The third kappa shape index (κ3) is 53.8. The number of ether oxygens (including phenoxy) is 2. The van der Waals surface area contributed by atoms with E-state index in [2.05, 4.69) is 38.2 Å². The van der Waals surface area contributed by atoms with Crippen LogP contribution in [-0.4, -0.2) is 49.3 Å². The zero-order valence-corrected chi connectivity index (χ0v) is 45.8. The minimum absolute atomic E-state index is 0.0548. The second-order valence-corrected chi connectivity index (χ2v) is 21.3. The van der Waals surface area contributed by atoms with Crippen molar-refractivity contribution >= 4 is 19.8 Å². The van der Waals surface area contributed by atoms with Gasteiger partial charge in [-0.2, -0.15) is 0 Å². The minimum Gasteiger partial charge on any atom is -0.462 e. The van der Waals surface area contributed by atoms with Crippen LogP contribution < -0.4 is 5.73 Å². The smallest absolute Gasteiger partial charge is 0.462 e. The highest BCUT2D eigenvalue weighted by Gasteiger charge is 2.26. The predicted octanol–water partition coefficient (Wildman–Crippen LogP) is 18.2. The average Bonchev–Trinajstić information content (AvgIpc) is 3.33. The van der Waals surface area contributed by atoms with Gasteiger partial charge in [0.15, 0.2) is 6.10 Å². The van der Waals surface area contributed by atoms with E-state index in [9.17, 15) is 19.0 Å². The number of carbonyl (C=O) groups is 2. The van der Waals surface area contributed by atoms with E-state index in [1.807, 2.05) is 0 Å². The Hall–Kier alpha value is -1.51. The third-order valence-corrected chi connectivity index (χ3v) is 14.1. The summed E-state index contributed by atoms with van der Waals surface area (Å²) in [5.74, 6) is -0.816. The SMILES string of the molecule is CCCCC/C=C\C/C=C\CCCCCCCCCCCC(=O)OC(COC(=O)CCCCCCCCCCCCCCCCCCCCCCCCCCCCCC)COP(=O)(O)OCCN. The van der Waals surface area contributed by atoms with E-state index in [-0.39, 0.29) is 38.6 Å². The summed E-state index contributed by atoms with van der Waals surface area (Å²) in [5.41, 5.74) is 5.38. The third-order valence-electron chi connectivity index (χ3n) is 13.1. The van der Waals surface area contributed by atoms with Crippen molar-refractivity contribution in [3.05, 3.63) is 24.3 Å². The van der Waals surface area contributed by atoms with Gasteiger partial charge < -0.3 is 20.1 Å². The first-order valence-electron chi connectivity index (χ1n) is 29.3. The Labute approximate surface area is 421 Å². The van der Waals surface area contributed by atoms with Crippen LogP contribution >= 0.6 is 7.82 Å². The number of nitrogens with two attached hydrogens (primary N) is 1. The lowest BCUT2D eigenvalue weighted by Gasteiger charge is -2.19. The highest BCUT2D eigenvalue weighted by Crippen LogP contribution is 2.43. The van der Waals surface area contributed by atoms with Gasteiger partial charge in [-0.25, -0.2) is 4.57 Å². The summed E-state index contributed by atoms with van der Waals surface area (Å²) in [7, 11) is -4.38. The number of esters is 2. The minimum atomic E-state index is -4.38. The van der Waals surface area contributed by atoms with Gasteiger partial charge in [0, 0.05) is 19.4 Å². The summed E-state index contributed by atoms with van der Waals surface area (Å²) in [4.78, 5) is 35.2. The first-order valence-corrected chi connectivity index (χ1v) is 30.8. The van der Waals surface area contributed by atoms with Crippen LogP contribution in [0.25, 0.3) is 0 Å². The zero-order chi connectivity index (χ0) is 49.5. The van der Waals surface area contributed by atoms with E-state index < -0.39 is 26.5 Å². The molecule has 0 heterocycles. The highest BCUT2D eigenvalue weighted by molar-refractivity contribution is 7.47. The molecule has 0 aromatic heterocycles. The molecule has 0 amide bonds.